The normalized spacial score (nSPS) is 10.3. The zero-order valence-electron chi connectivity index (χ0n) is 7.85. The van der Waals surface area contributed by atoms with Gasteiger partial charge in [-0.15, -0.1) is 0 Å². The van der Waals surface area contributed by atoms with Gasteiger partial charge in [-0.25, -0.2) is 0 Å². The van der Waals surface area contributed by atoms with Crippen LogP contribution in [0.25, 0.3) is 0 Å². The molecule has 0 saturated carbocycles. The lowest BCUT2D eigenvalue weighted by Gasteiger charge is -1.95. The Morgan fingerprint density at radius 2 is 1.86 bits per heavy atom. The lowest BCUT2D eigenvalue weighted by molar-refractivity contribution is -0.107. The van der Waals surface area contributed by atoms with Gasteiger partial charge >= 0.3 is 0 Å². The average Bonchev–Trinajstić information content (AvgIpc) is 2.25. The molecule has 14 heavy (non-hydrogen) atoms. The van der Waals surface area contributed by atoms with Crippen LogP contribution >= 0.6 is 0 Å². The lowest BCUT2D eigenvalue weighted by atomic mass is 10.1. The van der Waals surface area contributed by atoms with E-state index in [2.05, 4.69) is 0 Å². The summed E-state index contributed by atoms with van der Waals surface area (Å²) in [4.78, 5) is 21.5. The molecule has 0 aliphatic heterocycles. The van der Waals surface area contributed by atoms with Gasteiger partial charge in [0.05, 0.1) is 0 Å². The van der Waals surface area contributed by atoms with Gasteiger partial charge in [0.15, 0.2) is 5.78 Å². The molecule has 1 rings (SSSR count). The number of allylic oxidation sites excluding steroid dienone is 2. The molecule has 0 fully saturated rings. The Bertz CT molecular complexity index is 325. The Hall–Kier alpha value is -1.70. The average molecular weight is 188 g/mol. The highest BCUT2D eigenvalue weighted by atomic mass is 16.1. The smallest absolute Gasteiger partial charge is 0.166 e. The summed E-state index contributed by atoms with van der Waals surface area (Å²) < 4.78 is 0. The van der Waals surface area contributed by atoms with E-state index in [0.717, 1.165) is 6.29 Å². The first-order valence-electron chi connectivity index (χ1n) is 4.51. The molecule has 72 valence electrons. The van der Waals surface area contributed by atoms with E-state index in [1.165, 1.54) is 0 Å². The molecule has 2 nitrogen and oxygen atoms in total. The Morgan fingerprint density at radius 1 is 1.14 bits per heavy atom. The summed E-state index contributed by atoms with van der Waals surface area (Å²) in [5, 5.41) is 0. The van der Waals surface area contributed by atoms with Gasteiger partial charge in [0.1, 0.15) is 6.29 Å². The summed E-state index contributed by atoms with van der Waals surface area (Å²) in [5.41, 5.74) is 0.711. The molecule has 0 radical (unpaired) electrons. The molecule has 0 unspecified atom stereocenters. The minimum Gasteiger partial charge on any atom is -0.303 e. The predicted molar refractivity (Wildman–Crippen MR) is 55.2 cm³/mol. The van der Waals surface area contributed by atoms with Gasteiger partial charge < -0.3 is 4.79 Å². The van der Waals surface area contributed by atoms with E-state index >= 15 is 0 Å². The van der Waals surface area contributed by atoms with Crippen molar-refractivity contribution < 1.29 is 9.59 Å². The number of rotatable bonds is 5. The van der Waals surface area contributed by atoms with E-state index in [0.29, 0.717) is 18.4 Å². The summed E-state index contributed by atoms with van der Waals surface area (Å²) in [6, 6.07) is 9.12. The van der Waals surface area contributed by atoms with Crippen molar-refractivity contribution in [2.45, 2.75) is 12.8 Å². The first kappa shape index (κ1) is 10.4. The Kier molecular flexibility index (Phi) is 4.35. The van der Waals surface area contributed by atoms with Crippen molar-refractivity contribution in [1.29, 1.82) is 0 Å². The van der Waals surface area contributed by atoms with Crippen LogP contribution in [0.2, 0.25) is 0 Å². The fraction of sp³-hybridized carbons (Fsp3) is 0.167. The van der Waals surface area contributed by atoms with Crippen LogP contribution in [0.5, 0.6) is 0 Å². The number of hydrogen-bond donors (Lipinski definition) is 0. The summed E-state index contributed by atoms with van der Waals surface area (Å²) in [7, 11) is 0. The maximum Gasteiger partial charge on any atom is 0.166 e. The molecule has 2 heteroatoms. The molecule has 0 aliphatic carbocycles. The van der Waals surface area contributed by atoms with Gasteiger partial charge in [-0.05, 0) is 0 Å². The summed E-state index contributed by atoms with van der Waals surface area (Å²) in [5.74, 6) is 0.0766. The number of ketones is 1. The number of Topliss-reactive ketones (excluding diaryl/α,β-unsaturated/α-hetero) is 1. The molecule has 0 N–H and O–H groups in total. The van der Waals surface area contributed by atoms with Crippen LogP contribution in [0.4, 0.5) is 0 Å². The van der Waals surface area contributed by atoms with Crippen LogP contribution in [-0.2, 0) is 4.79 Å². The molecule has 0 bridgehead atoms. The Labute approximate surface area is 83.3 Å². The van der Waals surface area contributed by atoms with Gasteiger partial charge in [0, 0.05) is 18.4 Å². The maximum absolute atomic E-state index is 11.5. The summed E-state index contributed by atoms with van der Waals surface area (Å²) in [6.07, 6.45) is 4.97. The van der Waals surface area contributed by atoms with Crippen LogP contribution in [-0.4, -0.2) is 12.1 Å². The van der Waals surface area contributed by atoms with Crippen molar-refractivity contribution in [3.8, 4) is 0 Å². The third-order valence-corrected chi connectivity index (χ3v) is 1.80. The van der Waals surface area contributed by atoms with Crippen molar-refractivity contribution in [3.05, 3.63) is 48.0 Å². The van der Waals surface area contributed by atoms with Gasteiger partial charge in [0.25, 0.3) is 0 Å². The van der Waals surface area contributed by atoms with Crippen molar-refractivity contribution >= 4 is 12.1 Å². The van der Waals surface area contributed by atoms with E-state index in [-0.39, 0.29) is 5.78 Å². The highest BCUT2D eigenvalue weighted by molar-refractivity contribution is 5.96. The molecule has 1 aromatic rings. The van der Waals surface area contributed by atoms with Crippen LogP contribution < -0.4 is 0 Å². The standard InChI is InChI=1S/C12H12O2/c13-10-6-2-5-9-12(14)11-7-3-1-4-8-11/h1-5,7-8,10H,6,9H2/b5-2-. The van der Waals surface area contributed by atoms with E-state index in [4.69, 9.17) is 0 Å². The quantitative estimate of drug-likeness (QED) is 0.404. The third-order valence-electron chi connectivity index (χ3n) is 1.80. The first-order valence-corrected chi connectivity index (χ1v) is 4.51. The molecular weight excluding hydrogens is 176 g/mol. The van der Waals surface area contributed by atoms with E-state index in [1.54, 1.807) is 24.3 Å². The highest BCUT2D eigenvalue weighted by Gasteiger charge is 2.00. The van der Waals surface area contributed by atoms with Gasteiger partial charge in [-0.3, -0.25) is 4.79 Å². The Morgan fingerprint density at radius 3 is 2.50 bits per heavy atom. The number of hydrogen-bond acceptors (Lipinski definition) is 2. The van der Waals surface area contributed by atoms with E-state index < -0.39 is 0 Å². The SMILES string of the molecule is O=CC/C=C\CC(=O)c1ccccc1. The summed E-state index contributed by atoms with van der Waals surface area (Å²) >= 11 is 0. The maximum atomic E-state index is 11.5. The van der Waals surface area contributed by atoms with Gasteiger partial charge in [0.2, 0.25) is 0 Å². The van der Waals surface area contributed by atoms with Crippen LogP contribution in [0.1, 0.15) is 23.2 Å². The predicted octanol–water partition coefficient (Wildman–Crippen LogP) is 2.40. The number of carbonyl (C=O) groups excluding carboxylic acids is 2. The van der Waals surface area contributed by atoms with Crippen LogP contribution in [0, 0.1) is 0 Å². The molecule has 0 spiro atoms. The van der Waals surface area contributed by atoms with Gasteiger partial charge in [-0.2, -0.15) is 0 Å². The fourth-order valence-corrected chi connectivity index (χ4v) is 1.08. The number of aldehydes is 1. The van der Waals surface area contributed by atoms with Crippen molar-refractivity contribution in [2.24, 2.45) is 0 Å². The van der Waals surface area contributed by atoms with Crippen molar-refractivity contribution in [2.75, 3.05) is 0 Å². The highest BCUT2D eigenvalue weighted by Crippen LogP contribution is 2.03. The monoisotopic (exact) mass is 188 g/mol. The van der Waals surface area contributed by atoms with Crippen LogP contribution in [0.15, 0.2) is 42.5 Å². The molecular formula is C12H12O2. The van der Waals surface area contributed by atoms with Crippen molar-refractivity contribution in [3.63, 3.8) is 0 Å². The molecule has 0 aromatic heterocycles. The molecule has 0 saturated heterocycles. The van der Waals surface area contributed by atoms with Crippen LogP contribution in [0.3, 0.4) is 0 Å². The minimum absolute atomic E-state index is 0.0766. The zero-order chi connectivity index (χ0) is 10.2. The minimum atomic E-state index is 0.0766. The lowest BCUT2D eigenvalue weighted by Crippen LogP contribution is -1.95. The third kappa shape index (κ3) is 3.35. The van der Waals surface area contributed by atoms with Gasteiger partial charge in [-0.1, -0.05) is 42.5 Å². The van der Waals surface area contributed by atoms with E-state index in [1.807, 2.05) is 18.2 Å². The van der Waals surface area contributed by atoms with Crippen molar-refractivity contribution in [1.82, 2.24) is 0 Å². The summed E-state index contributed by atoms with van der Waals surface area (Å²) in [6.45, 7) is 0. The fourth-order valence-electron chi connectivity index (χ4n) is 1.08. The molecule has 1 aromatic carbocycles. The molecule has 0 amide bonds. The zero-order valence-corrected chi connectivity index (χ0v) is 7.85. The molecule has 0 aliphatic rings. The number of carbonyl (C=O) groups is 2. The second-order valence-corrected chi connectivity index (χ2v) is 2.87. The largest absolute Gasteiger partial charge is 0.303 e. The Balaban J connectivity index is 2.47. The molecule has 0 heterocycles. The van der Waals surface area contributed by atoms with E-state index in [9.17, 15) is 9.59 Å². The number of benzene rings is 1. The topological polar surface area (TPSA) is 34.1 Å². The molecule has 0 atom stereocenters. The first-order chi connectivity index (χ1) is 6.84. The second-order valence-electron chi connectivity index (χ2n) is 2.87. The second kappa shape index (κ2) is 5.86.